The van der Waals surface area contributed by atoms with Gasteiger partial charge in [0, 0.05) is 4.90 Å². The summed E-state index contributed by atoms with van der Waals surface area (Å²) >= 11 is 4.17. The maximum absolute atomic E-state index is 11.5. The van der Waals surface area contributed by atoms with Crippen molar-refractivity contribution in [1.82, 2.24) is 0 Å². The third-order valence-corrected chi connectivity index (χ3v) is 2.82. The first-order valence-corrected chi connectivity index (χ1v) is 5.66. The van der Waals surface area contributed by atoms with Gasteiger partial charge in [0.25, 0.3) is 0 Å². The molecule has 0 spiro atoms. The van der Waals surface area contributed by atoms with Crippen LogP contribution < -0.4 is 0 Å². The minimum atomic E-state index is -0.244. The van der Waals surface area contributed by atoms with E-state index in [2.05, 4.69) is 12.6 Å². The summed E-state index contributed by atoms with van der Waals surface area (Å²) in [6, 6.07) is 7.12. The number of rotatable bonds is 4. The van der Waals surface area contributed by atoms with Crippen molar-refractivity contribution >= 4 is 18.6 Å². The molecule has 15 heavy (non-hydrogen) atoms. The molecule has 0 N–H and O–H groups in total. The number of ether oxygens (including phenoxy) is 1. The fourth-order valence-corrected chi connectivity index (χ4v) is 1.67. The van der Waals surface area contributed by atoms with E-state index in [4.69, 9.17) is 4.74 Å². The second-order valence-electron chi connectivity index (χ2n) is 3.92. The van der Waals surface area contributed by atoms with E-state index in [0.717, 1.165) is 17.2 Å². The number of hydrogen-bond donors (Lipinski definition) is 1. The molecule has 80 valence electrons. The van der Waals surface area contributed by atoms with Crippen LogP contribution in [0, 0.1) is 5.92 Å². The summed E-state index contributed by atoms with van der Waals surface area (Å²) < 4.78 is 5.16. The van der Waals surface area contributed by atoms with Crippen LogP contribution in [0.1, 0.15) is 29.6 Å². The molecule has 0 amide bonds. The molecule has 0 unspecified atom stereocenters. The van der Waals surface area contributed by atoms with Gasteiger partial charge >= 0.3 is 5.97 Å². The Labute approximate surface area is 95.0 Å². The molecule has 1 aliphatic rings. The monoisotopic (exact) mass is 222 g/mol. The molecule has 0 bridgehead atoms. The summed E-state index contributed by atoms with van der Waals surface area (Å²) in [6.07, 6.45) is 3.60. The molecule has 0 aliphatic heterocycles. The Morgan fingerprint density at radius 2 is 2.27 bits per heavy atom. The lowest BCUT2D eigenvalue weighted by Gasteiger charge is -2.04. The molecule has 1 fully saturated rings. The van der Waals surface area contributed by atoms with E-state index < -0.39 is 0 Å². The lowest BCUT2D eigenvalue weighted by molar-refractivity contribution is 0.0494. The highest BCUT2D eigenvalue weighted by Gasteiger charge is 2.21. The molecular formula is C12H14O2S. The first-order valence-electron chi connectivity index (χ1n) is 5.22. The van der Waals surface area contributed by atoms with Crippen molar-refractivity contribution in [2.75, 3.05) is 6.61 Å². The third-order valence-electron chi connectivity index (χ3n) is 2.54. The van der Waals surface area contributed by atoms with Crippen LogP contribution in [0.5, 0.6) is 0 Å². The number of carbonyl (C=O) groups excluding carboxylic acids is 1. The van der Waals surface area contributed by atoms with Crippen LogP contribution >= 0.6 is 12.6 Å². The van der Waals surface area contributed by atoms with Crippen LogP contribution in [0.4, 0.5) is 0 Å². The van der Waals surface area contributed by atoms with Crippen LogP contribution in [0.2, 0.25) is 0 Å². The SMILES string of the molecule is O=C(OCCC1CC1)c1cccc(S)c1. The largest absolute Gasteiger partial charge is 0.462 e. The molecule has 0 atom stereocenters. The minimum absolute atomic E-state index is 0.244. The fourth-order valence-electron chi connectivity index (χ4n) is 1.44. The molecule has 1 aromatic carbocycles. The zero-order valence-electron chi connectivity index (χ0n) is 8.48. The molecule has 2 rings (SSSR count). The van der Waals surface area contributed by atoms with Crippen LogP contribution in [0.15, 0.2) is 29.2 Å². The van der Waals surface area contributed by atoms with E-state index in [1.165, 1.54) is 12.8 Å². The van der Waals surface area contributed by atoms with Crippen molar-refractivity contribution in [3.8, 4) is 0 Å². The Morgan fingerprint density at radius 1 is 1.47 bits per heavy atom. The highest BCUT2D eigenvalue weighted by atomic mass is 32.1. The van der Waals surface area contributed by atoms with Gasteiger partial charge < -0.3 is 4.74 Å². The molecule has 0 heterocycles. The predicted molar refractivity (Wildman–Crippen MR) is 61.3 cm³/mol. The zero-order chi connectivity index (χ0) is 10.7. The van der Waals surface area contributed by atoms with Gasteiger partial charge in [-0.15, -0.1) is 12.6 Å². The van der Waals surface area contributed by atoms with Crippen LogP contribution in [-0.4, -0.2) is 12.6 Å². The van der Waals surface area contributed by atoms with Gasteiger partial charge in [-0.25, -0.2) is 4.79 Å². The van der Waals surface area contributed by atoms with Crippen molar-refractivity contribution in [2.45, 2.75) is 24.2 Å². The lowest BCUT2D eigenvalue weighted by atomic mass is 10.2. The number of hydrogen-bond acceptors (Lipinski definition) is 3. The van der Waals surface area contributed by atoms with E-state index in [1.807, 2.05) is 6.07 Å². The molecular weight excluding hydrogens is 208 g/mol. The highest BCUT2D eigenvalue weighted by molar-refractivity contribution is 7.80. The fraction of sp³-hybridized carbons (Fsp3) is 0.417. The van der Waals surface area contributed by atoms with E-state index in [1.54, 1.807) is 18.2 Å². The summed E-state index contributed by atoms with van der Waals surface area (Å²) in [5, 5.41) is 0. The average molecular weight is 222 g/mol. The maximum Gasteiger partial charge on any atom is 0.338 e. The van der Waals surface area contributed by atoms with Crippen LogP contribution in [0.25, 0.3) is 0 Å². The van der Waals surface area contributed by atoms with Gasteiger partial charge in [-0.05, 0) is 30.5 Å². The normalized spacial score (nSPS) is 15.0. The minimum Gasteiger partial charge on any atom is -0.462 e. The quantitative estimate of drug-likeness (QED) is 0.626. The number of benzene rings is 1. The maximum atomic E-state index is 11.5. The van der Waals surface area contributed by atoms with Gasteiger partial charge in [0.05, 0.1) is 12.2 Å². The summed E-state index contributed by atoms with van der Waals surface area (Å²) in [6.45, 7) is 0.542. The first kappa shape index (κ1) is 10.6. The Bertz CT molecular complexity index is 358. The van der Waals surface area contributed by atoms with Gasteiger partial charge in [-0.2, -0.15) is 0 Å². The predicted octanol–water partition coefficient (Wildman–Crippen LogP) is 2.93. The second kappa shape index (κ2) is 4.71. The van der Waals surface area contributed by atoms with Gasteiger partial charge in [0.2, 0.25) is 0 Å². The van der Waals surface area contributed by atoms with Gasteiger partial charge in [-0.1, -0.05) is 18.9 Å². The van der Waals surface area contributed by atoms with E-state index >= 15 is 0 Å². The van der Waals surface area contributed by atoms with E-state index in [-0.39, 0.29) is 5.97 Å². The Hall–Kier alpha value is -0.960. The molecule has 1 aromatic rings. The second-order valence-corrected chi connectivity index (χ2v) is 4.43. The topological polar surface area (TPSA) is 26.3 Å². The summed E-state index contributed by atoms with van der Waals surface area (Å²) in [4.78, 5) is 12.3. The van der Waals surface area contributed by atoms with Crippen molar-refractivity contribution in [2.24, 2.45) is 5.92 Å². The van der Waals surface area contributed by atoms with Crippen molar-refractivity contribution in [1.29, 1.82) is 0 Å². The van der Waals surface area contributed by atoms with Gasteiger partial charge in [0.15, 0.2) is 0 Å². The molecule has 0 aromatic heterocycles. The van der Waals surface area contributed by atoms with Crippen LogP contribution in [-0.2, 0) is 4.74 Å². The molecule has 1 saturated carbocycles. The van der Waals surface area contributed by atoms with Crippen LogP contribution in [0.3, 0.4) is 0 Å². The van der Waals surface area contributed by atoms with E-state index in [0.29, 0.717) is 12.2 Å². The zero-order valence-corrected chi connectivity index (χ0v) is 9.37. The number of esters is 1. The number of thiol groups is 1. The van der Waals surface area contributed by atoms with Gasteiger partial charge in [0.1, 0.15) is 0 Å². The molecule has 0 saturated heterocycles. The Kier molecular flexibility index (Phi) is 3.31. The lowest BCUT2D eigenvalue weighted by Crippen LogP contribution is -2.06. The number of carbonyl (C=O) groups is 1. The molecule has 3 heteroatoms. The highest BCUT2D eigenvalue weighted by Crippen LogP contribution is 2.32. The molecule has 2 nitrogen and oxygen atoms in total. The van der Waals surface area contributed by atoms with Crippen molar-refractivity contribution in [3.05, 3.63) is 29.8 Å². The average Bonchev–Trinajstić information content (AvgIpc) is 3.01. The first-order chi connectivity index (χ1) is 7.25. The summed E-state index contributed by atoms with van der Waals surface area (Å²) in [5.74, 6) is 0.556. The smallest absolute Gasteiger partial charge is 0.338 e. The van der Waals surface area contributed by atoms with Crippen molar-refractivity contribution in [3.63, 3.8) is 0 Å². The standard InChI is InChI=1S/C12H14O2S/c13-12(14-7-6-9-4-5-9)10-2-1-3-11(15)8-10/h1-3,8-9,15H,4-7H2. The van der Waals surface area contributed by atoms with E-state index in [9.17, 15) is 4.79 Å². The Morgan fingerprint density at radius 3 is 2.93 bits per heavy atom. The van der Waals surface area contributed by atoms with Gasteiger partial charge in [-0.3, -0.25) is 0 Å². The molecule has 0 radical (unpaired) electrons. The third kappa shape index (κ3) is 3.27. The summed E-state index contributed by atoms with van der Waals surface area (Å²) in [5.41, 5.74) is 0.582. The Balaban J connectivity index is 1.83. The summed E-state index contributed by atoms with van der Waals surface area (Å²) in [7, 11) is 0. The van der Waals surface area contributed by atoms with Crippen molar-refractivity contribution < 1.29 is 9.53 Å². The molecule has 1 aliphatic carbocycles.